The lowest BCUT2D eigenvalue weighted by Gasteiger charge is -2.44. The third-order valence-corrected chi connectivity index (χ3v) is 4.58. The Morgan fingerprint density at radius 2 is 2.18 bits per heavy atom. The Kier molecular flexibility index (Phi) is 2.27. The number of aliphatic hydroxyl groups is 1. The summed E-state index contributed by atoms with van der Waals surface area (Å²) in [5.74, 6) is 1.79. The molecule has 4 rings (SSSR count). The average molecular weight is 232 g/mol. The van der Waals surface area contributed by atoms with E-state index in [-0.39, 0.29) is 11.5 Å². The molecule has 1 N–H and O–H groups in total. The summed E-state index contributed by atoms with van der Waals surface area (Å²) in [6.07, 6.45) is 5.60. The van der Waals surface area contributed by atoms with Gasteiger partial charge in [0.05, 0.1) is 12.4 Å². The van der Waals surface area contributed by atoms with Crippen molar-refractivity contribution in [1.82, 2.24) is 0 Å². The van der Waals surface area contributed by atoms with Crippen molar-refractivity contribution in [2.75, 3.05) is 0 Å². The fourth-order valence-electron chi connectivity index (χ4n) is 3.75. The first kappa shape index (κ1) is 11.1. The predicted octanol–water partition coefficient (Wildman–Crippen LogP) is 3.79. The van der Waals surface area contributed by atoms with Crippen LogP contribution >= 0.6 is 0 Å². The summed E-state index contributed by atoms with van der Waals surface area (Å²) >= 11 is 0. The van der Waals surface area contributed by atoms with E-state index in [4.69, 9.17) is 4.42 Å². The van der Waals surface area contributed by atoms with E-state index in [9.17, 15) is 5.11 Å². The zero-order chi connectivity index (χ0) is 12.2. The average Bonchev–Trinajstić information content (AvgIpc) is 2.69. The van der Waals surface area contributed by atoms with Gasteiger partial charge in [-0.15, -0.1) is 0 Å². The Morgan fingerprint density at radius 1 is 1.41 bits per heavy atom. The van der Waals surface area contributed by atoms with Crippen LogP contribution in [0.15, 0.2) is 28.4 Å². The van der Waals surface area contributed by atoms with Gasteiger partial charge < -0.3 is 9.52 Å². The largest absolute Gasteiger partial charge is 0.468 e. The van der Waals surface area contributed by atoms with E-state index in [0.29, 0.717) is 11.8 Å². The number of hydrogen-bond donors (Lipinski definition) is 1. The quantitative estimate of drug-likeness (QED) is 0.690. The molecule has 0 aliphatic heterocycles. The van der Waals surface area contributed by atoms with E-state index in [2.05, 4.69) is 26.8 Å². The fraction of sp³-hybridized carbons (Fsp3) is 0.600. The van der Waals surface area contributed by atoms with E-state index in [1.165, 1.54) is 5.57 Å². The molecule has 0 fully saturated rings. The molecule has 2 bridgehead atoms. The van der Waals surface area contributed by atoms with Crippen LogP contribution < -0.4 is 0 Å². The molecule has 2 nitrogen and oxygen atoms in total. The van der Waals surface area contributed by atoms with E-state index in [1.807, 2.05) is 6.07 Å². The zero-order valence-corrected chi connectivity index (χ0v) is 10.7. The van der Waals surface area contributed by atoms with Crippen molar-refractivity contribution in [1.29, 1.82) is 0 Å². The summed E-state index contributed by atoms with van der Waals surface area (Å²) in [5.41, 5.74) is 2.65. The smallest absolute Gasteiger partial charge is 0.116 e. The first-order chi connectivity index (χ1) is 7.99. The highest BCUT2D eigenvalue weighted by Crippen LogP contribution is 2.52. The number of hydrogen-bond acceptors (Lipinski definition) is 2. The van der Waals surface area contributed by atoms with Crippen LogP contribution in [-0.2, 0) is 0 Å². The van der Waals surface area contributed by atoms with Gasteiger partial charge in [-0.2, -0.15) is 0 Å². The maximum Gasteiger partial charge on any atom is 0.116 e. The van der Waals surface area contributed by atoms with Gasteiger partial charge in [0.25, 0.3) is 0 Å². The maximum atomic E-state index is 10.3. The van der Waals surface area contributed by atoms with Gasteiger partial charge in [-0.05, 0) is 37.2 Å². The number of fused-ring (bicyclic) bond motifs is 2. The number of rotatable bonds is 0. The molecule has 0 aromatic carbocycles. The zero-order valence-electron chi connectivity index (χ0n) is 10.7. The molecular weight excluding hydrogens is 212 g/mol. The van der Waals surface area contributed by atoms with Crippen molar-refractivity contribution in [3.63, 3.8) is 0 Å². The predicted molar refractivity (Wildman–Crippen MR) is 66.7 cm³/mol. The lowest BCUT2D eigenvalue weighted by Crippen LogP contribution is -2.34. The van der Waals surface area contributed by atoms with E-state index >= 15 is 0 Å². The molecule has 0 saturated carbocycles. The van der Waals surface area contributed by atoms with Crippen molar-refractivity contribution in [3.8, 4) is 0 Å². The van der Waals surface area contributed by atoms with Crippen LogP contribution in [0.25, 0.3) is 0 Å². The minimum atomic E-state index is -0.375. The third kappa shape index (κ3) is 1.58. The van der Waals surface area contributed by atoms with Gasteiger partial charge in [-0.25, -0.2) is 0 Å². The maximum absolute atomic E-state index is 10.3. The van der Waals surface area contributed by atoms with Gasteiger partial charge in [0.15, 0.2) is 0 Å². The Hall–Kier alpha value is -1.02. The van der Waals surface area contributed by atoms with Crippen molar-refractivity contribution in [2.45, 2.75) is 45.6 Å². The Morgan fingerprint density at radius 3 is 2.88 bits per heavy atom. The SMILES string of the molecule is CC1=C[C@@H]2CC(C)(C)[C@H]1C[C@@H](O)c1ccoc12. The molecule has 2 heteroatoms. The monoisotopic (exact) mass is 232 g/mol. The van der Waals surface area contributed by atoms with Crippen LogP contribution in [0.5, 0.6) is 0 Å². The molecule has 17 heavy (non-hydrogen) atoms. The molecule has 0 unspecified atom stereocenters. The number of allylic oxidation sites excluding steroid dienone is 2. The molecule has 0 spiro atoms. The van der Waals surface area contributed by atoms with Crippen molar-refractivity contribution >= 4 is 0 Å². The van der Waals surface area contributed by atoms with Gasteiger partial charge in [-0.1, -0.05) is 25.5 Å². The summed E-state index contributed by atoms with van der Waals surface area (Å²) in [6, 6.07) is 1.93. The summed E-state index contributed by atoms with van der Waals surface area (Å²) in [6.45, 7) is 6.81. The minimum Gasteiger partial charge on any atom is -0.468 e. The topological polar surface area (TPSA) is 33.4 Å². The molecular formula is C15H20O2. The molecule has 3 aliphatic rings. The van der Waals surface area contributed by atoms with Crippen LogP contribution in [0.4, 0.5) is 0 Å². The van der Waals surface area contributed by atoms with Crippen LogP contribution in [0.3, 0.4) is 0 Å². The summed E-state index contributed by atoms with van der Waals surface area (Å²) < 4.78 is 5.63. The molecule has 0 radical (unpaired) electrons. The van der Waals surface area contributed by atoms with Crippen LogP contribution in [0, 0.1) is 11.3 Å². The van der Waals surface area contributed by atoms with Crippen LogP contribution in [0.2, 0.25) is 0 Å². The van der Waals surface area contributed by atoms with Gasteiger partial charge in [-0.3, -0.25) is 0 Å². The third-order valence-electron chi connectivity index (χ3n) is 4.58. The Labute approximate surface area is 102 Å². The fourth-order valence-corrected chi connectivity index (χ4v) is 3.75. The molecule has 1 aromatic heterocycles. The van der Waals surface area contributed by atoms with Crippen molar-refractivity contribution in [2.24, 2.45) is 11.3 Å². The molecule has 0 saturated heterocycles. The number of aliphatic hydroxyl groups excluding tert-OH is 1. The first-order valence-corrected chi connectivity index (χ1v) is 6.43. The second kappa shape index (κ2) is 3.49. The Balaban J connectivity index is 2.16. The van der Waals surface area contributed by atoms with Gasteiger partial charge >= 0.3 is 0 Å². The standard InChI is InChI=1S/C15H20O2/c1-9-6-10-8-15(2,3)12(9)7-13(16)11-4-5-17-14(10)11/h4-6,10,12-13,16H,7-8H2,1-3H3/t10-,12+,13-/m1/s1. The molecule has 1 aromatic rings. The highest BCUT2D eigenvalue weighted by atomic mass is 16.3. The summed E-state index contributed by atoms with van der Waals surface area (Å²) in [7, 11) is 0. The van der Waals surface area contributed by atoms with Gasteiger partial charge in [0.1, 0.15) is 5.76 Å². The van der Waals surface area contributed by atoms with E-state index in [0.717, 1.165) is 24.2 Å². The molecule has 1 heterocycles. The summed E-state index contributed by atoms with van der Waals surface area (Å²) in [5, 5.41) is 10.3. The van der Waals surface area contributed by atoms with Crippen molar-refractivity contribution < 1.29 is 9.52 Å². The van der Waals surface area contributed by atoms with Gasteiger partial charge in [0, 0.05) is 11.5 Å². The second-order valence-electron chi connectivity index (χ2n) is 6.25. The highest BCUT2D eigenvalue weighted by molar-refractivity contribution is 5.33. The lowest BCUT2D eigenvalue weighted by atomic mass is 9.61. The normalized spacial score (nSPS) is 34.8. The second-order valence-corrected chi connectivity index (χ2v) is 6.25. The van der Waals surface area contributed by atoms with E-state index < -0.39 is 0 Å². The van der Waals surface area contributed by atoms with E-state index in [1.54, 1.807) is 6.26 Å². The number of furan rings is 1. The summed E-state index contributed by atoms with van der Waals surface area (Å²) in [4.78, 5) is 0. The molecule has 3 atom stereocenters. The molecule has 0 amide bonds. The molecule has 92 valence electrons. The van der Waals surface area contributed by atoms with Crippen molar-refractivity contribution in [3.05, 3.63) is 35.3 Å². The lowest BCUT2D eigenvalue weighted by molar-refractivity contribution is 0.0851. The van der Waals surface area contributed by atoms with Gasteiger partial charge in [0.2, 0.25) is 0 Å². The first-order valence-electron chi connectivity index (χ1n) is 6.43. The minimum absolute atomic E-state index is 0.245. The van der Waals surface area contributed by atoms with Crippen LogP contribution in [0.1, 0.15) is 57.0 Å². The molecule has 3 aliphatic carbocycles. The van der Waals surface area contributed by atoms with Crippen LogP contribution in [-0.4, -0.2) is 5.11 Å². The highest BCUT2D eigenvalue weighted by Gasteiger charge is 2.42. The Bertz CT molecular complexity index is 467.